The van der Waals surface area contributed by atoms with E-state index in [2.05, 4.69) is 13.8 Å². The monoisotopic (exact) mass is 884 g/mol. The topological polar surface area (TPSA) is 108 Å². The molecule has 63 heavy (non-hydrogen) atoms. The maximum Gasteiger partial charge on any atom is 0.346 e. The SMILES string of the molecule is CCC1(COCCCCCCOc2ccc(C(=O)Oc3ccc(OC(=O)c4ccc(OCCCCCCOCC5(CC)COC5)c(F)c4F)c4c3C3CCC4C3)c(F)c2F)COC1. The van der Waals surface area contributed by atoms with Crippen molar-refractivity contribution in [1.29, 1.82) is 0 Å². The fourth-order valence-electron chi connectivity index (χ4n) is 8.86. The highest BCUT2D eigenvalue weighted by Crippen LogP contribution is 2.59. The number of fused-ring (bicyclic) bond motifs is 5. The highest BCUT2D eigenvalue weighted by molar-refractivity contribution is 5.93. The summed E-state index contributed by atoms with van der Waals surface area (Å²) in [6.07, 6.45) is 10.9. The third-order valence-corrected chi connectivity index (χ3v) is 13.2. The number of esters is 2. The molecular weight excluding hydrogens is 825 g/mol. The number of benzene rings is 3. The molecule has 2 saturated heterocycles. The van der Waals surface area contributed by atoms with Gasteiger partial charge in [-0.15, -0.1) is 0 Å². The Hall–Kier alpha value is -4.24. The van der Waals surface area contributed by atoms with E-state index in [0.29, 0.717) is 56.8 Å². The molecule has 0 radical (unpaired) electrons. The number of halogens is 4. The largest absolute Gasteiger partial charge is 0.490 e. The van der Waals surface area contributed by atoms with Crippen molar-refractivity contribution in [2.45, 2.75) is 109 Å². The first-order chi connectivity index (χ1) is 30.6. The van der Waals surface area contributed by atoms with Crippen LogP contribution in [0.25, 0.3) is 0 Å². The Labute approximate surface area is 367 Å². The maximum atomic E-state index is 15.3. The Balaban J connectivity index is 0.872. The fraction of sp³-hybridized carbons (Fsp3) is 0.592. The minimum absolute atomic E-state index is 0.0355. The summed E-state index contributed by atoms with van der Waals surface area (Å²) in [7, 11) is 0. The predicted molar refractivity (Wildman–Crippen MR) is 225 cm³/mol. The van der Waals surface area contributed by atoms with Crippen molar-refractivity contribution in [2.75, 3.05) is 66.1 Å². The van der Waals surface area contributed by atoms with E-state index in [1.165, 1.54) is 24.3 Å². The van der Waals surface area contributed by atoms with Gasteiger partial charge in [0.05, 0.1) is 64.0 Å². The van der Waals surface area contributed by atoms with Crippen molar-refractivity contribution < 1.29 is 65.0 Å². The van der Waals surface area contributed by atoms with E-state index in [-0.39, 0.29) is 58.9 Å². The van der Waals surface area contributed by atoms with Crippen molar-refractivity contribution in [1.82, 2.24) is 0 Å². The number of rotatable bonds is 26. The molecule has 2 unspecified atom stereocenters. The lowest BCUT2D eigenvalue weighted by atomic mass is 9.84. The van der Waals surface area contributed by atoms with Gasteiger partial charge in [-0.1, -0.05) is 26.7 Å². The number of carbonyl (C=O) groups excluding carboxylic acids is 2. The second kappa shape index (κ2) is 21.6. The Morgan fingerprint density at radius 2 is 0.921 bits per heavy atom. The summed E-state index contributed by atoms with van der Waals surface area (Å²) >= 11 is 0. The summed E-state index contributed by atoms with van der Waals surface area (Å²) in [5, 5.41) is 0. The van der Waals surface area contributed by atoms with Crippen LogP contribution in [0.4, 0.5) is 17.6 Å². The van der Waals surface area contributed by atoms with Crippen LogP contribution in [-0.2, 0) is 18.9 Å². The zero-order valence-corrected chi connectivity index (χ0v) is 36.5. The fourth-order valence-corrected chi connectivity index (χ4v) is 8.86. The number of hydrogen-bond acceptors (Lipinski definition) is 10. The highest BCUT2D eigenvalue weighted by Gasteiger charge is 2.43. The van der Waals surface area contributed by atoms with Crippen molar-refractivity contribution in [2.24, 2.45) is 10.8 Å². The third-order valence-electron chi connectivity index (χ3n) is 13.2. The molecule has 3 fully saturated rings. The number of hydrogen-bond donors (Lipinski definition) is 0. The molecular formula is C49H60F4O10. The second-order valence-electron chi connectivity index (χ2n) is 17.7. The summed E-state index contributed by atoms with van der Waals surface area (Å²) in [6.45, 7) is 10.3. The standard InChI is InChI=1S/C49H60F4O10/c1-3-48(28-58-29-48)26-56-21-9-5-7-11-23-60-38-17-15-34(42(50)44(38)52)46(54)62-36-19-20-37(41-33-14-13-32(25-33)40(36)41)63-47(55)35-16-18-39(45(53)43(35)51)61-24-12-8-6-10-22-57-27-49(4-2)30-59-31-49/h15-20,32-33H,3-14,21-31H2,1-2H3. The third kappa shape index (κ3) is 11.0. The zero-order chi connectivity index (χ0) is 44.4. The van der Waals surface area contributed by atoms with Crippen molar-refractivity contribution >= 4 is 11.9 Å². The van der Waals surface area contributed by atoms with E-state index in [1.54, 1.807) is 0 Å². The molecule has 3 aromatic rings. The Morgan fingerprint density at radius 3 is 1.29 bits per heavy atom. The molecule has 344 valence electrons. The molecule has 10 nitrogen and oxygen atoms in total. The number of unbranched alkanes of at least 4 members (excludes halogenated alkanes) is 6. The molecule has 1 saturated carbocycles. The summed E-state index contributed by atoms with van der Waals surface area (Å²) in [4.78, 5) is 26.6. The molecule has 2 aliphatic carbocycles. The summed E-state index contributed by atoms with van der Waals surface area (Å²) in [5.41, 5.74) is 0.349. The molecule has 4 aliphatic rings. The average Bonchev–Trinajstić information content (AvgIpc) is 3.88. The first kappa shape index (κ1) is 46.7. The van der Waals surface area contributed by atoms with E-state index in [0.717, 1.165) is 103 Å². The Kier molecular flexibility index (Phi) is 16.0. The van der Waals surface area contributed by atoms with Crippen LogP contribution in [0.15, 0.2) is 36.4 Å². The normalized spacial score (nSPS) is 19.0. The lowest BCUT2D eigenvalue weighted by molar-refractivity contribution is -0.150. The van der Waals surface area contributed by atoms with Gasteiger partial charge in [0.25, 0.3) is 0 Å². The van der Waals surface area contributed by atoms with E-state index in [9.17, 15) is 9.59 Å². The van der Waals surface area contributed by atoms with Gasteiger partial charge in [-0.3, -0.25) is 0 Å². The molecule has 3 aromatic carbocycles. The van der Waals surface area contributed by atoms with Gasteiger partial charge in [-0.25, -0.2) is 18.4 Å². The van der Waals surface area contributed by atoms with Crippen molar-refractivity contribution in [3.63, 3.8) is 0 Å². The van der Waals surface area contributed by atoms with Crippen LogP contribution in [0, 0.1) is 34.1 Å². The van der Waals surface area contributed by atoms with Crippen molar-refractivity contribution in [3.8, 4) is 23.0 Å². The molecule has 0 N–H and O–H groups in total. The van der Waals surface area contributed by atoms with Gasteiger partial charge in [0.15, 0.2) is 23.1 Å². The van der Waals surface area contributed by atoms with Crippen LogP contribution in [-0.4, -0.2) is 78.0 Å². The van der Waals surface area contributed by atoms with Gasteiger partial charge in [0.2, 0.25) is 11.6 Å². The van der Waals surface area contributed by atoms with E-state index >= 15 is 17.6 Å². The first-order valence-electron chi connectivity index (χ1n) is 22.7. The van der Waals surface area contributed by atoms with Gasteiger partial charge >= 0.3 is 11.9 Å². The Bertz CT molecular complexity index is 1900. The highest BCUT2D eigenvalue weighted by atomic mass is 19.2. The molecule has 0 amide bonds. The molecule has 2 bridgehead atoms. The van der Waals surface area contributed by atoms with Gasteiger partial charge < -0.3 is 37.9 Å². The van der Waals surface area contributed by atoms with Crippen LogP contribution < -0.4 is 18.9 Å². The van der Waals surface area contributed by atoms with E-state index in [1.807, 2.05) is 0 Å². The lowest BCUT2D eigenvalue weighted by Gasteiger charge is -2.40. The summed E-state index contributed by atoms with van der Waals surface area (Å²) in [6, 6.07) is 7.50. The molecule has 7 rings (SSSR count). The van der Waals surface area contributed by atoms with E-state index < -0.39 is 46.3 Å². The lowest BCUT2D eigenvalue weighted by Crippen LogP contribution is -2.45. The van der Waals surface area contributed by atoms with E-state index in [4.69, 9.17) is 37.9 Å². The first-order valence-corrected chi connectivity index (χ1v) is 22.7. The minimum atomic E-state index is -1.39. The molecule has 2 atom stereocenters. The zero-order valence-electron chi connectivity index (χ0n) is 36.5. The van der Waals surface area contributed by atoms with Crippen LogP contribution in [0.5, 0.6) is 23.0 Å². The Morgan fingerprint density at radius 1 is 0.540 bits per heavy atom. The van der Waals surface area contributed by atoms with Crippen LogP contribution in [0.1, 0.15) is 141 Å². The average molecular weight is 885 g/mol. The van der Waals surface area contributed by atoms with Gasteiger partial charge in [0, 0.05) is 35.2 Å². The van der Waals surface area contributed by atoms with Gasteiger partial charge in [0.1, 0.15) is 11.5 Å². The number of carbonyl (C=O) groups is 2. The molecule has 0 spiro atoms. The van der Waals surface area contributed by atoms with Crippen molar-refractivity contribution in [3.05, 3.63) is 81.9 Å². The minimum Gasteiger partial charge on any atom is -0.490 e. The summed E-state index contributed by atoms with van der Waals surface area (Å²) in [5.74, 6) is -7.96. The van der Waals surface area contributed by atoms with Gasteiger partial charge in [-0.05, 0) is 119 Å². The van der Waals surface area contributed by atoms with Crippen LogP contribution >= 0.6 is 0 Å². The molecule has 0 aromatic heterocycles. The molecule has 14 heteroatoms. The second-order valence-corrected chi connectivity index (χ2v) is 17.7. The quantitative estimate of drug-likeness (QED) is 0.0335. The van der Waals surface area contributed by atoms with Crippen LogP contribution in [0.2, 0.25) is 0 Å². The van der Waals surface area contributed by atoms with Gasteiger partial charge in [-0.2, -0.15) is 8.78 Å². The predicted octanol–water partition coefficient (Wildman–Crippen LogP) is 10.8. The summed E-state index contributed by atoms with van der Waals surface area (Å²) < 4.78 is 105. The molecule has 2 heterocycles. The maximum absolute atomic E-state index is 15.3. The molecule has 2 aliphatic heterocycles. The smallest absolute Gasteiger partial charge is 0.346 e. The number of ether oxygens (including phenoxy) is 8. The van der Waals surface area contributed by atoms with Crippen LogP contribution in [0.3, 0.4) is 0 Å².